The first-order chi connectivity index (χ1) is 9.01. The number of ether oxygens (including phenoxy) is 2. The van der Waals surface area contributed by atoms with Crippen molar-refractivity contribution in [2.45, 2.75) is 36.7 Å². The van der Waals surface area contributed by atoms with Crippen LogP contribution in [0.1, 0.15) is 36.6 Å². The molecular weight excluding hydrogens is 335 g/mol. The van der Waals surface area contributed by atoms with Crippen molar-refractivity contribution < 1.29 is 13.9 Å². The molecule has 1 fully saturated rings. The van der Waals surface area contributed by atoms with Crippen LogP contribution in [-0.4, -0.2) is 19.8 Å². The van der Waals surface area contributed by atoms with E-state index in [0.717, 1.165) is 18.4 Å². The maximum absolute atomic E-state index is 13.5. The fraction of sp³-hybridized carbons (Fsp3) is 0.571. The maximum Gasteiger partial charge on any atom is 0.141 e. The van der Waals surface area contributed by atoms with Crippen LogP contribution in [0.2, 0.25) is 0 Å². The van der Waals surface area contributed by atoms with Crippen molar-refractivity contribution in [3.05, 3.63) is 28.0 Å². The van der Waals surface area contributed by atoms with Gasteiger partial charge in [0.1, 0.15) is 11.6 Å². The Labute approximate surface area is 126 Å². The maximum atomic E-state index is 13.5. The van der Waals surface area contributed by atoms with Gasteiger partial charge in [-0.1, -0.05) is 0 Å². The first kappa shape index (κ1) is 15.1. The number of hydrogen-bond donors (Lipinski definition) is 0. The lowest BCUT2D eigenvalue weighted by atomic mass is 9.76. The van der Waals surface area contributed by atoms with E-state index in [0.29, 0.717) is 16.6 Å². The van der Waals surface area contributed by atoms with Gasteiger partial charge in [0, 0.05) is 18.7 Å². The minimum atomic E-state index is -0.352. The summed E-state index contributed by atoms with van der Waals surface area (Å²) in [5.41, 5.74) is 0.666. The van der Waals surface area contributed by atoms with Gasteiger partial charge in [0.2, 0.25) is 0 Å². The molecule has 0 amide bonds. The third-order valence-electron chi connectivity index (χ3n) is 3.86. The Hall–Kier alpha value is -0.320. The number of benzene rings is 1. The van der Waals surface area contributed by atoms with Crippen molar-refractivity contribution in [1.82, 2.24) is 0 Å². The molecule has 2 rings (SSSR count). The minimum absolute atomic E-state index is 0.127. The summed E-state index contributed by atoms with van der Waals surface area (Å²) in [7, 11) is 3.24. The van der Waals surface area contributed by atoms with Crippen LogP contribution in [0.15, 0.2) is 16.6 Å². The monoisotopic (exact) mass is 350 g/mol. The smallest absolute Gasteiger partial charge is 0.141 e. The summed E-state index contributed by atoms with van der Waals surface area (Å²) in [4.78, 5) is 0. The van der Waals surface area contributed by atoms with Gasteiger partial charge in [-0.2, -0.15) is 0 Å². The molecule has 0 aliphatic heterocycles. The molecule has 2 nitrogen and oxygen atoms in total. The van der Waals surface area contributed by atoms with Crippen LogP contribution in [0.25, 0.3) is 0 Å². The van der Waals surface area contributed by atoms with Crippen LogP contribution >= 0.6 is 27.5 Å². The molecule has 0 spiro atoms. The fourth-order valence-corrected chi connectivity index (χ4v) is 3.28. The Kier molecular flexibility index (Phi) is 4.75. The number of alkyl halides is 1. The first-order valence-corrected chi connectivity index (χ1v) is 7.46. The molecule has 1 unspecified atom stereocenters. The highest BCUT2D eigenvalue weighted by Crippen LogP contribution is 2.46. The lowest BCUT2D eigenvalue weighted by Gasteiger charge is -2.42. The summed E-state index contributed by atoms with van der Waals surface area (Å²) in [5, 5.41) is -0.257. The highest BCUT2D eigenvalue weighted by molar-refractivity contribution is 9.10. The van der Waals surface area contributed by atoms with Gasteiger partial charge in [-0.3, -0.25) is 0 Å². The summed E-state index contributed by atoms with van der Waals surface area (Å²) in [6.07, 6.45) is 3.93. The second-order valence-corrected chi connectivity index (χ2v) is 6.30. The van der Waals surface area contributed by atoms with E-state index in [-0.39, 0.29) is 16.8 Å². The predicted molar refractivity (Wildman–Crippen MR) is 77.5 cm³/mol. The third kappa shape index (κ3) is 3.06. The Morgan fingerprint density at radius 1 is 1.42 bits per heavy atom. The topological polar surface area (TPSA) is 18.5 Å². The van der Waals surface area contributed by atoms with Crippen LogP contribution in [0, 0.1) is 5.82 Å². The molecular formula is C14H17BrClFO2. The molecule has 0 heterocycles. The largest absolute Gasteiger partial charge is 0.496 e. The number of methoxy groups -OCH3 is 2. The molecule has 1 atom stereocenters. The summed E-state index contributed by atoms with van der Waals surface area (Å²) in [6.45, 7) is 0. The summed E-state index contributed by atoms with van der Waals surface area (Å²) in [6, 6.07) is 3.04. The van der Waals surface area contributed by atoms with Crippen molar-refractivity contribution in [1.29, 1.82) is 0 Å². The van der Waals surface area contributed by atoms with Crippen molar-refractivity contribution in [2.75, 3.05) is 14.2 Å². The van der Waals surface area contributed by atoms with Crippen molar-refractivity contribution in [3.63, 3.8) is 0 Å². The Balaban J connectivity index is 2.23. The van der Waals surface area contributed by atoms with Crippen molar-refractivity contribution in [2.24, 2.45) is 0 Å². The van der Waals surface area contributed by atoms with Gasteiger partial charge in [0.15, 0.2) is 0 Å². The van der Waals surface area contributed by atoms with E-state index in [1.54, 1.807) is 13.2 Å². The normalized spacial score (nSPS) is 18.8. The molecule has 0 aromatic heterocycles. The standard InChI is InChI=1S/C14H17BrClFO2/c1-18-13-7-12(17)10(15)6-9(13)11(16)8-14(19-2)4-3-5-14/h6-7,11H,3-5,8H2,1-2H3. The highest BCUT2D eigenvalue weighted by Gasteiger charge is 2.39. The SMILES string of the molecule is COc1cc(F)c(Br)cc1C(Cl)CC1(OC)CCC1. The molecule has 106 valence electrons. The fourth-order valence-electron chi connectivity index (χ4n) is 2.46. The zero-order chi connectivity index (χ0) is 14.0. The summed E-state index contributed by atoms with van der Waals surface area (Å²) >= 11 is 9.67. The second kappa shape index (κ2) is 5.98. The van der Waals surface area contributed by atoms with Gasteiger partial charge in [0.25, 0.3) is 0 Å². The molecule has 1 aromatic carbocycles. The molecule has 0 saturated heterocycles. The van der Waals surface area contributed by atoms with Gasteiger partial charge >= 0.3 is 0 Å². The second-order valence-electron chi connectivity index (χ2n) is 4.92. The summed E-state index contributed by atoms with van der Waals surface area (Å²) < 4.78 is 24.7. The molecule has 1 saturated carbocycles. The minimum Gasteiger partial charge on any atom is -0.496 e. The summed E-state index contributed by atoms with van der Waals surface area (Å²) in [5.74, 6) is 0.126. The van der Waals surface area contributed by atoms with E-state index < -0.39 is 0 Å². The van der Waals surface area contributed by atoms with Crippen LogP contribution in [0.3, 0.4) is 0 Å². The van der Waals surface area contributed by atoms with E-state index in [1.807, 2.05) is 0 Å². The van der Waals surface area contributed by atoms with Gasteiger partial charge in [-0.15, -0.1) is 11.6 Å². The molecule has 1 aliphatic rings. The molecule has 0 bridgehead atoms. The van der Waals surface area contributed by atoms with Crippen LogP contribution in [0.5, 0.6) is 5.75 Å². The van der Waals surface area contributed by atoms with Crippen molar-refractivity contribution in [3.8, 4) is 5.75 Å². The van der Waals surface area contributed by atoms with Gasteiger partial charge in [0.05, 0.1) is 22.6 Å². The van der Waals surface area contributed by atoms with Crippen molar-refractivity contribution >= 4 is 27.5 Å². The average molecular weight is 352 g/mol. The van der Waals surface area contributed by atoms with E-state index in [1.165, 1.54) is 19.6 Å². The van der Waals surface area contributed by atoms with Gasteiger partial charge in [-0.25, -0.2) is 4.39 Å². The zero-order valence-corrected chi connectivity index (χ0v) is 13.4. The van der Waals surface area contributed by atoms with Crippen LogP contribution in [-0.2, 0) is 4.74 Å². The Morgan fingerprint density at radius 3 is 2.58 bits per heavy atom. The first-order valence-electron chi connectivity index (χ1n) is 6.23. The lowest BCUT2D eigenvalue weighted by Crippen LogP contribution is -2.39. The average Bonchev–Trinajstić information content (AvgIpc) is 2.36. The number of hydrogen-bond acceptors (Lipinski definition) is 2. The molecule has 1 aliphatic carbocycles. The Bertz CT molecular complexity index is 457. The van der Waals surface area contributed by atoms with E-state index >= 15 is 0 Å². The van der Waals surface area contributed by atoms with Gasteiger partial charge < -0.3 is 9.47 Å². The molecule has 5 heteroatoms. The highest BCUT2D eigenvalue weighted by atomic mass is 79.9. The molecule has 19 heavy (non-hydrogen) atoms. The predicted octanol–water partition coefficient (Wildman–Crippen LogP) is 4.84. The zero-order valence-electron chi connectivity index (χ0n) is 11.0. The van der Waals surface area contributed by atoms with Crippen LogP contribution < -0.4 is 4.74 Å². The number of rotatable bonds is 5. The van der Waals surface area contributed by atoms with Gasteiger partial charge in [-0.05, 0) is 47.7 Å². The number of halogens is 3. The molecule has 0 N–H and O–H groups in total. The molecule has 0 radical (unpaired) electrons. The quantitative estimate of drug-likeness (QED) is 0.707. The van der Waals surface area contributed by atoms with E-state index in [9.17, 15) is 4.39 Å². The lowest BCUT2D eigenvalue weighted by molar-refractivity contribution is -0.0780. The third-order valence-corrected chi connectivity index (χ3v) is 4.86. The van der Waals surface area contributed by atoms with E-state index in [2.05, 4.69) is 15.9 Å². The Morgan fingerprint density at radius 2 is 2.11 bits per heavy atom. The van der Waals surface area contributed by atoms with E-state index in [4.69, 9.17) is 21.1 Å². The molecule has 1 aromatic rings. The van der Waals surface area contributed by atoms with Crippen LogP contribution in [0.4, 0.5) is 4.39 Å².